The van der Waals surface area contributed by atoms with Gasteiger partial charge in [0.25, 0.3) is 11.8 Å². The molecule has 0 fully saturated rings. The van der Waals surface area contributed by atoms with Crippen LogP contribution in [-0.2, 0) is 9.53 Å². The molecule has 0 bridgehead atoms. The minimum atomic E-state index is -0.221. The third-order valence-corrected chi connectivity index (χ3v) is 6.84. The van der Waals surface area contributed by atoms with Crippen molar-refractivity contribution in [2.45, 2.75) is 52.1 Å². The van der Waals surface area contributed by atoms with Crippen molar-refractivity contribution in [3.63, 3.8) is 0 Å². The van der Waals surface area contributed by atoms with Crippen LogP contribution in [0.3, 0.4) is 0 Å². The van der Waals surface area contributed by atoms with Crippen molar-refractivity contribution in [1.29, 1.82) is 0 Å². The van der Waals surface area contributed by atoms with Crippen molar-refractivity contribution in [3.05, 3.63) is 47.5 Å². The van der Waals surface area contributed by atoms with Crippen LogP contribution in [0.5, 0.6) is 0 Å². The highest BCUT2D eigenvalue weighted by molar-refractivity contribution is 7.19. The van der Waals surface area contributed by atoms with Crippen LogP contribution in [0.4, 0.5) is 0 Å². The molecule has 5 nitrogen and oxygen atoms in total. The zero-order valence-electron chi connectivity index (χ0n) is 17.9. The Kier molecular flexibility index (Phi) is 6.92. The van der Waals surface area contributed by atoms with Crippen LogP contribution in [0.15, 0.2) is 36.4 Å². The van der Waals surface area contributed by atoms with Gasteiger partial charge in [-0.2, -0.15) is 0 Å². The first-order valence-electron chi connectivity index (χ1n) is 10.5. The van der Waals surface area contributed by atoms with Gasteiger partial charge in [0, 0.05) is 23.1 Å². The first-order chi connectivity index (χ1) is 14.2. The summed E-state index contributed by atoms with van der Waals surface area (Å²) < 4.78 is 5.35. The molecule has 2 atom stereocenters. The monoisotopic (exact) mass is 427 g/mol. The number of hydrogen-bond acceptors (Lipinski definition) is 4. The van der Waals surface area contributed by atoms with E-state index in [1.54, 1.807) is 12.1 Å². The van der Waals surface area contributed by atoms with Gasteiger partial charge in [-0.05, 0) is 42.2 Å². The van der Waals surface area contributed by atoms with Crippen LogP contribution in [0, 0.1) is 5.41 Å². The number of hydrogen-bond donors (Lipinski definition) is 0. The molecule has 1 heterocycles. The summed E-state index contributed by atoms with van der Waals surface area (Å²) in [6.07, 6.45) is 3.26. The Labute approximate surface area is 180 Å². The van der Waals surface area contributed by atoms with Gasteiger partial charge in [0.05, 0.1) is 12.3 Å². The number of carbonyl (C=O) groups excluding carboxylic acids is 3. The molecule has 2 aromatic carbocycles. The molecule has 0 saturated heterocycles. The molecule has 2 aromatic rings. The van der Waals surface area contributed by atoms with Gasteiger partial charge < -0.3 is 4.74 Å². The van der Waals surface area contributed by atoms with Gasteiger partial charge in [-0.15, -0.1) is 9.24 Å². The summed E-state index contributed by atoms with van der Waals surface area (Å²) in [6.45, 7) is 6.83. The number of ether oxygens (including phenoxy) is 1. The lowest BCUT2D eigenvalue weighted by Crippen LogP contribution is -2.40. The molecule has 0 aromatic heterocycles. The van der Waals surface area contributed by atoms with E-state index in [0.717, 1.165) is 36.5 Å². The van der Waals surface area contributed by atoms with Gasteiger partial charge in [-0.3, -0.25) is 19.3 Å². The second kappa shape index (κ2) is 9.26. The molecule has 2 unspecified atom stereocenters. The Hall–Kier alpha value is -2.26. The third kappa shape index (κ3) is 4.73. The molecule has 0 spiro atoms. The van der Waals surface area contributed by atoms with Crippen LogP contribution in [0.2, 0.25) is 0 Å². The number of esters is 1. The predicted molar refractivity (Wildman–Crippen MR) is 122 cm³/mol. The van der Waals surface area contributed by atoms with E-state index in [1.807, 2.05) is 45.0 Å². The normalized spacial score (nSPS) is 14.9. The largest absolute Gasteiger partial charge is 0.465 e. The number of benzene rings is 2. The summed E-state index contributed by atoms with van der Waals surface area (Å²) in [7, 11) is 2.56. The topological polar surface area (TPSA) is 63.7 Å². The first kappa shape index (κ1) is 22.4. The smallest absolute Gasteiger partial charge is 0.313 e. The maximum atomic E-state index is 12.8. The molecule has 0 radical (unpaired) electrons. The fraction of sp³-hybridized carbons (Fsp3) is 0.458. The summed E-state index contributed by atoms with van der Waals surface area (Å²) in [5.41, 5.74) is 0.833. The van der Waals surface area contributed by atoms with Gasteiger partial charge in [0.2, 0.25) is 0 Å². The number of carbonyl (C=O) groups is 3. The Morgan fingerprint density at radius 3 is 2.10 bits per heavy atom. The van der Waals surface area contributed by atoms with Crippen LogP contribution in [0.25, 0.3) is 10.8 Å². The summed E-state index contributed by atoms with van der Waals surface area (Å²) >= 11 is 0. The van der Waals surface area contributed by atoms with Gasteiger partial charge in [-0.25, -0.2) is 0 Å². The molecule has 0 aliphatic carbocycles. The standard InChI is InChI=1S/C24H30NO4P/c1-24(2,3)20(30)23(28)29-15-7-5-4-6-14-25-21(26)17-12-8-10-16-11-9-13-18(19(16)17)22(25)27/h8-13,20H,4-7,14-15,30H2,1-3H3. The van der Waals surface area contributed by atoms with E-state index in [-0.39, 0.29) is 28.9 Å². The zero-order chi connectivity index (χ0) is 21.9. The van der Waals surface area contributed by atoms with Crippen LogP contribution < -0.4 is 0 Å². The molecule has 30 heavy (non-hydrogen) atoms. The van der Waals surface area contributed by atoms with E-state index >= 15 is 0 Å². The number of rotatable bonds is 8. The van der Waals surface area contributed by atoms with Gasteiger partial charge in [0.15, 0.2) is 0 Å². The summed E-state index contributed by atoms with van der Waals surface area (Å²) in [5.74, 6) is -0.622. The van der Waals surface area contributed by atoms with Crippen molar-refractivity contribution in [3.8, 4) is 0 Å². The van der Waals surface area contributed by atoms with E-state index in [0.29, 0.717) is 24.3 Å². The van der Waals surface area contributed by atoms with Crippen LogP contribution in [-0.4, -0.2) is 41.5 Å². The minimum absolute atomic E-state index is 0.141. The molecule has 6 heteroatoms. The van der Waals surface area contributed by atoms with E-state index in [4.69, 9.17) is 4.74 Å². The zero-order valence-corrected chi connectivity index (χ0v) is 19.1. The molecular formula is C24H30NO4P. The number of amides is 2. The molecule has 1 aliphatic heterocycles. The lowest BCUT2D eigenvalue weighted by molar-refractivity contribution is -0.145. The summed E-state index contributed by atoms with van der Waals surface area (Å²) in [4.78, 5) is 39.1. The molecule has 2 amide bonds. The lowest BCUT2D eigenvalue weighted by atomic mass is 9.92. The van der Waals surface area contributed by atoms with Gasteiger partial charge in [-0.1, -0.05) is 51.5 Å². The second-order valence-electron chi connectivity index (χ2n) is 8.90. The average Bonchev–Trinajstić information content (AvgIpc) is 2.71. The second-order valence-corrected chi connectivity index (χ2v) is 9.56. The Balaban J connectivity index is 1.46. The fourth-order valence-electron chi connectivity index (χ4n) is 3.63. The highest BCUT2D eigenvalue weighted by Gasteiger charge is 2.32. The SMILES string of the molecule is CC(C)(C)C(P)C(=O)OCCCCCCN1C(=O)c2cccc3cccc(c23)C1=O. The number of imide groups is 1. The molecule has 0 saturated carbocycles. The minimum Gasteiger partial charge on any atom is -0.465 e. The predicted octanol–water partition coefficient (Wildman–Crippen LogP) is 4.83. The summed E-state index contributed by atoms with van der Waals surface area (Å²) in [5, 5.41) is 1.68. The van der Waals surface area contributed by atoms with E-state index in [9.17, 15) is 14.4 Å². The van der Waals surface area contributed by atoms with Crippen molar-refractivity contribution in [2.75, 3.05) is 13.2 Å². The highest BCUT2D eigenvalue weighted by atomic mass is 31.0. The lowest BCUT2D eigenvalue weighted by Gasteiger charge is -2.27. The Morgan fingerprint density at radius 1 is 0.967 bits per heavy atom. The first-order valence-corrected chi connectivity index (χ1v) is 11.2. The molecule has 160 valence electrons. The molecule has 3 rings (SSSR count). The van der Waals surface area contributed by atoms with Crippen molar-refractivity contribution < 1.29 is 19.1 Å². The summed E-state index contributed by atoms with van der Waals surface area (Å²) in [6, 6.07) is 11.1. The van der Waals surface area contributed by atoms with Crippen LogP contribution in [0.1, 0.15) is 67.2 Å². The number of nitrogens with zero attached hydrogens (tertiary/aromatic N) is 1. The van der Waals surface area contributed by atoms with Crippen molar-refractivity contribution in [2.24, 2.45) is 5.41 Å². The number of unbranched alkanes of at least 4 members (excludes halogenated alkanes) is 3. The van der Waals surface area contributed by atoms with Crippen molar-refractivity contribution >= 4 is 37.8 Å². The Bertz CT molecular complexity index is 913. The molecule has 0 N–H and O–H groups in total. The average molecular weight is 427 g/mol. The van der Waals surface area contributed by atoms with Gasteiger partial charge in [0.1, 0.15) is 0 Å². The van der Waals surface area contributed by atoms with Crippen molar-refractivity contribution in [1.82, 2.24) is 4.90 Å². The quantitative estimate of drug-likeness (QED) is 0.262. The highest BCUT2D eigenvalue weighted by Crippen LogP contribution is 2.30. The fourth-order valence-corrected chi connectivity index (χ4v) is 3.72. The van der Waals surface area contributed by atoms with Crippen LogP contribution >= 0.6 is 9.24 Å². The maximum absolute atomic E-state index is 12.8. The third-order valence-electron chi connectivity index (χ3n) is 5.56. The van der Waals surface area contributed by atoms with E-state index in [2.05, 4.69) is 9.24 Å². The van der Waals surface area contributed by atoms with E-state index < -0.39 is 0 Å². The van der Waals surface area contributed by atoms with E-state index in [1.165, 1.54) is 4.90 Å². The molecule has 1 aliphatic rings. The maximum Gasteiger partial charge on any atom is 0.313 e. The molecular weight excluding hydrogens is 397 g/mol. The van der Waals surface area contributed by atoms with Gasteiger partial charge >= 0.3 is 5.97 Å². The Morgan fingerprint density at radius 2 is 1.53 bits per heavy atom.